The first-order valence-electron chi connectivity index (χ1n) is 12.2. The Morgan fingerprint density at radius 1 is 1.34 bits per heavy atom. The summed E-state index contributed by atoms with van der Waals surface area (Å²) in [6.45, 7) is 9.33. The summed E-state index contributed by atoms with van der Waals surface area (Å²) < 4.78 is 19.9. The van der Waals surface area contributed by atoms with Gasteiger partial charge in [-0.25, -0.2) is 20.2 Å². The zero-order chi connectivity index (χ0) is 24.4. The number of rotatable bonds is 7. The molecule has 5 rings (SSSR count). The van der Waals surface area contributed by atoms with Crippen LogP contribution >= 0.6 is 0 Å². The molecule has 186 valence electrons. The summed E-state index contributed by atoms with van der Waals surface area (Å²) in [6.07, 6.45) is 5.06. The molecule has 9 nitrogen and oxygen atoms in total. The third-order valence-electron chi connectivity index (χ3n) is 6.98. The first kappa shape index (κ1) is 23.7. The number of benzene rings is 1. The standard InChI is InChI=1S/C25H32FN7O2/c1-2-23(34)32-8-3-4-20(14-32)29-24-22(26)11-28-25(30-24)33(27)21-6-5-18-7-9-31(13-19(18)10-21)12-17-15-35-16-17/h2,5-6,10-11,17,20H,1,3-4,7-9,12-16,27H2,(H,28,29,30)/t20-/m1/s1. The van der Waals surface area contributed by atoms with Gasteiger partial charge in [0.1, 0.15) is 0 Å². The fourth-order valence-corrected chi connectivity index (χ4v) is 4.97. The van der Waals surface area contributed by atoms with Gasteiger partial charge in [0.2, 0.25) is 11.9 Å². The van der Waals surface area contributed by atoms with Crippen LogP contribution in [0.15, 0.2) is 37.1 Å². The van der Waals surface area contributed by atoms with Crippen molar-refractivity contribution in [1.29, 1.82) is 0 Å². The number of ether oxygens (including phenoxy) is 1. The van der Waals surface area contributed by atoms with Crippen LogP contribution in [0.25, 0.3) is 0 Å². The number of aromatic nitrogens is 2. The molecule has 3 N–H and O–H groups in total. The van der Waals surface area contributed by atoms with E-state index in [1.54, 1.807) is 4.90 Å². The van der Waals surface area contributed by atoms with Crippen LogP contribution < -0.4 is 16.2 Å². The number of nitrogens with one attached hydrogen (secondary N) is 1. The maximum absolute atomic E-state index is 14.6. The van der Waals surface area contributed by atoms with Gasteiger partial charge in [0.15, 0.2) is 11.6 Å². The first-order chi connectivity index (χ1) is 17.0. The number of piperidine rings is 1. The Hall–Kier alpha value is -3.08. The van der Waals surface area contributed by atoms with Crippen molar-refractivity contribution < 1.29 is 13.9 Å². The number of hydrazine groups is 1. The van der Waals surface area contributed by atoms with Gasteiger partial charge in [0, 0.05) is 44.7 Å². The lowest BCUT2D eigenvalue weighted by Gasteiger charge is -2.35. The highest BCUT2D eigenvalue weighted by Crippen LogP contribution is 2.28. The van der Waals surface area contributed by atoms with Crippen molar-refractivity contribution in [2.24, 2.45) is 11.8 Å². The van der Waals surface area contributed by atoms with Crippen LogP contribution in [0.3, 0.4) is 0 Å². The van der Waals surface area contributed by atoms with Crippen LogP contribution in [0.2, 0.25) is 0 Å². The second kappa shape index (κ2) is 10.3. The number of hydrogen-bond donors (Lipinski definition) is 2. The van der Waals surface area contributed by atoms with Gasteiger partial charge in [-0.05, 0) is 48.6 Å². The topological polar surface area (TPSA) is 99.9 Å². The van der Waals surface area contributed by atoms with Gasteiger partial charge >= 0.3 is 0 Å². The molecule has 4 heterocycles. The maximum atomic E-state index is 14.6. The molecule has 0 saturated carbocycles. The van der Waals surface area contributed by atoms with E-state index in [-0.39, 0.29) is 23.7 Å². The second-order valence-corrected chi connectivity index (χ2v) is 9.55. The first-order valence-corrected chi connectivity index (χ1v) is 12.2. The third-order valence-corrected chi connectivity index (χ3v) is 6.98. The Morgan fingerprint density at radius 3 is 2.97 bits per heavy atom. The summed E-state index contributed by atoms with van der Waals surface area (Å²) in [5.41, 5.74) is 3.30. The van der Waals surface area contributed by atoms with Crippen LogP contribution in [-0.2, 0) is 22.5 Å². The molecule has 10 heteroatoms. The van der Waals surface area contributed by atoms with Crippen LogP contribution in [0.5, 0.6) is 0 Å². The van der Waals surface area contributed by atoms with Gasteiger partial charge in [-0.2, -0.15) is 4.98 Å². The lowest BCUT2D eigenvalue weighted by Crippen LogP contribution is -2.44. The molecule has 0 aliphatic carbocycles. The van der Waals surface area contributed by atoms with E-state index in [1.165, 1.54) is 22.2 Å². The van der Waals surface area contributed by atoms with E-state index in [0.29, 0.717) is 19.0 Å². The second-order valence-electron chi connectivity index (χ2n) is 9.55. The molecule has 1 aromatic heterocycles. The predicted molar refractivity (Wildman–Crippen MR) is 131 cm³/mol. The van der Waals surface area contributed by atoms with Gasteiger partial charge in [0.05, 0.1) is 25.1 Å². The van der Waals surface area contributed by atoms with E-state index < -0.39 is 5.82 Å². The number of hydrogen-bond acceptors (Lipinski definition) is 8. The highest BCUT2D eigenvalue weighted by atomic mass is 19.1. The monoisotopic (exact) mass is 481 g/mol. The minimum atomic E-state index is -0.560. The van der Waals surface area contributed by atoms with Crippen molar-refractivity contribution >= 4 is 23.4 Å². The average molecular weight is 482 g/mol. The SMILES string of the molecule is C=CC(=O)N1CCC[C@@H](Nc2nc(N(N)c3ccc4c(c3)CN(CC3COC3)CC4)ncc2F)C1. The molecule has 1 atom stereocenters. The van der Waals surface area contributed by atoms with Crippen LogP contribution in [0.4, 0.5) is 21.8 Å². The van der Waals surface area contributed by atoms with E-state index in [0.717, 1.165) is 64.0 Å². The summed E-state index contributed by atoms with van der Waals surface area (Å²) in [5, 5.41) is 4.52. The predicted octanol–water partition coefficient (Wildman–Crippen LogP) is 2.22. The van der Waals surface area contributed by atoms with Crippen LogP contribution in [-0.4, -0.2) is 71.1 Å². The number of nitrogens with zero attached hydrogens (tertiary/aromatic N) is 5. The average Bonchev–Trinajstić information content (AvgIpc) is 2.86. The number of amides is 1. The zero-order valence-electron chi connectivity index (χ0n) is 19.8. The molecule has 35 heavy (non-hydrogen) atoms. The van der Waals surface area contributed by atoms with Crippen molar-refractivity contribution in [2.75, 3.05) is 49.7 Å². The van der Waals surface area contributed by atoms with Crippen molar-refractivity contribution in [1.82, 2.24) is 19.8 Å². The molecule has 2 fully saturated rings. The number of likely N-dealkylation sites (tertiary alicyclic amines) is 1. The molecule has 0 spiro atoms. The van der Waals surface area contributed by atoms with Crippen molar-refractivity contribution in [3.05, 3.63) is 54.0 Å². The molecule has 3 aliphatic rings. The molecule has 0 bridgehead atoms. The number of nitrogens with two attached hydrogens (primary N) is 1. The fraction of sp³-hybridized carbons (Fsp3) is 0.480. The fourth-order valence-electron chi connectivity index (χ4n) is 4.97. The van der Waals surface area contributed by atoms with E-state index in [9.17, 15) is 9.18 Å². The Balaban J connectivity index is 1.29. The minimum absolute atomic E-state index is 0.0789. The molecule has 2 aromatic rings. The summed E-state index contributed by atoms with van der Waals surface area (Å²) in [4.78, 5) is 24.6. The Kier molecular flexibility index (Phi) is 6.94. The van der Waals surface area contributed by atoms with Gasteiger partial charge < -0.3 is 15.0 Å². The normalized spacial score (nSPS) is 20.6. The molecule has 3 aliphatic heterocycles. The number of carbonyl (C=O) groups excluding carboxylic acids is 1. The molecule has 2 saturated heterocycles. The summed E-state index contributed by atoms with van der Waals surface area (Å²) in [6, 6.07) is 6.00. The molecular weight excluding hydrogens is 449 g/mol. The Bertz CT molecular complexity index is 1090. The summed E-state index contributed by atoms with van der Waals surface area (Å²) in [5.74, 6) is 6.60. The number of anilines is 3. The molecule has 1 amide bonds. The summed E-state index contributed by atoms with van der Waals surface area (Å²) >= 11 is 0. The zero-order valence-corrected chi connectivity index (χ0v) is 19.8. The lowest BCUT2D eigenvalue weighted by molar-refractivity contribution is -0.127. The lowest BCUT2D eigenvalue weighted by atomic mass is 9.97. The van der Waals surface area contributed by atoms with E-state index in [2.05, 4.69) is 38.9 Å². The molecular formula is C25H32FN7O2. The molecule has 0 unspecified atom stereocenters. The van der Waals surface area contributed by atoms with Gasteiger partial charge in [0.25, 0.3) is 0 Å². The number of halogens is 1. The minimum Gasteiger partial charge on any atom is -0.381 e. The van der Waals surface area contributed by atoms with Crippen molar-refractivity contribution in [2.45, 2.75) is 31.8 Å². The van der Waals surface area contributed by atoms with E-state index in [1.807, 2.05) is 6.07 Å². The number of fused-ring (bicyclic) bond motifs is 1. The third kappa shape index (κ3) is 5.29. The summed E-state index contributed by atoms with van der Waals surface area (Å²) in [7, 11) is 0. The molecule has 0 radical (unpaired) electrons. The Labute approximate surface area is 204 Å². The highest BCUT2D eigenvalue weighted by molar-refractivity contribution is 5.87. The largest absolute Gasteiger partial charge is 0.381 e. The van der Waals surface area contributed by atoms with Crippen molar-refractivity contribution in [3.63, 3.8) is 0 Å². The van der Waals surface area contributed by atoms with E-state index in [4.69, 9.17) is 10.6 Å². The van der Waals surface area contributed by atoms with Crippen LogP contribution in [0.1, 0.15) is 24.0 Å². The van der Waals surface area contributed by atoms with E-state index >= 15 is 0 Å². The van der Waals surface area contributed by atoms with Gasteiger partial charge in [-0.3, -0.25) is 9.69 Å². The van der Waals surface area contributed by atoms with Crippen molar-refractivity contribution in [3.8, 4) is 0 Å². The maximum Gasteiger partial charge on any atom is 0.246 e. The van der Waals surface area contributed by atoms with Gasteiger partial charge in [-0.1, -0.05) is 12.6 Å². The number of carbonyl (C=O) groups is 1. The van der Waals surface area contributed by atoms with Crippen LogP contribution in [0, 0.1) is 11.7 Å². The smallest absolute Gasteiger partial charge is 0.246 e. The molecule has 1 aromatic carbocycles. The van der Waals surface area contributed by atoms with Gasteiger partial charge in [-0.15, -0.1) is 0 Å². The Morgan fingerprint density at radius 2 is 2.20 bits per heavy atom. The quantitative estimate of drug-likeness (QED) is 0.353. The highest BCUT2D eigenvalue weighted by Gasteiger charge is 2.26.